The molecule has 4 heterocycles. The number of hydrogen-bond donors (Lipinski definition) is 0. The fourth-order valence-corrected chi connectivity index (χ4v) is 6.20. The maximum atomic E-state index is 12.8. The van der Waals surface area contributed by atoms with E-state index in [1.165, 1.54) is 26.8 Å². The highest BCUT2D eigenvalue weighted by Crippen LogP contribution is 2.30. The van der Waals surface area contributed by atoms with E-state index in [-0.39, 0.29) is 5.91 Å². The summed E-state index contributed by atoms with van der Waals surface area (Å²) in [6.07, 6.45) is 1.05. The van der Waals surface area contributed by atoms with Gasteiger partial charge in [0.15, 0.2) is 0 Å². The third kappa shape index (κ3) is 5.07. The van der Waals surface area contributed by atoms with E-state index in [2.05, 4.69) is 57.2 Å². The molecule has 1 aromatic heterocycles. The number of anilines is 1. The Labute approximate surface area is 211 Å². The van der Waals surface area contributed by atoms with Crippen molar-refractivity contribution in [2.24, 2.45) is 0 Å². The predicted molar refractivity (Wildman–Crippen MR) is 140 cm³/mol. The number of ether oxygens (including phenoxy) is 1. The highest BCUT2D eigenvalue weighted by atomic mass is 32.1. The van der Waals surface area contributed by atoms with Crippen LogP contribution in [0.15, 0.2) is 42.5 Å². The number of carbonyl (C=O) groups is 1. The van der Waals surface area contributed by atoms with E-state index in [0.717, 1.165) is 84.4 Å². The van der Waals surface area contributed by atoms with Crippen LogP contribution in [0.2, 0.25) is 0 Å². The van der Waals surface area contributed by atoms with Crippen molar-refractivity contribution in [1.29, 1.82) is 0 Å². The lowest BCUT2D eigenvalue weighted by atomic mass is 10.0. The average molecular weight is 492 g/mol. The van der Waals surface area contributed by atoms with Crippen LogP contribution in [0.5, 0.6) is 0 Å². The maximum absolute atomic E-state index is 12.8. The molecular formula is C27H33N5O2S. The van der Waals surface area contributed by atoms with Crippen molar-refractivity contribution in [1.82, 2.24) is 19.1 Å². The fraction of sp³-hybridized carbons (Fsp3) is 0.481. The smallest absolute Gasteiger partial charge is 0.237 e. The second kappa shape index (κ2) is 10.2. The number of amides is 1. The number of fused-ring (bicyclic) bond motifs is 2. The Balaban J connectivity index is 0.992. The van der Waals surface area contributed by atoms with E-state index in [4.69, 9.17) is 9.11 Å². The maximum Gasteiger partial charge on any atom is 0.237 e. The van der Waals surface area contributed by atoms with E-state index in [0.29, 0.717) is 6.54 Å². The van der Waals surface area contributed by atoms with Crippen LogP contribution in [0.4, 0.5) is 5.82 Å². The quantitative estimate of drug-likeness (QED) is 0.529. The lowest BCUT2D eigenvalue weighted by molar-refractivity contribution is -0.134. The SMILES string of the molecule is O=C(CN1CCOCC1)N1Cc2ccc(CCN3CCN(c4nsc5ccccc45)CC3)cc2C1. The molecule has 3 aliphatic rings. The summed E-state index contributed by atoms with van der Waals surface area (Å²) in [5.41, 5.74) is 3.99. The molecule has 2 fully saturated rings. The molecule has 1 amide bonds. The second-order valence-electron chi connectivity index (χ2n) is 9.82. The van der Waals surface area contributed by atoms with Gasteiger partial charge in [0.25, 0.3) is 0 Å². The van der Waals surface area contributed by atoms with Gasteiger partial charge in [0.1, 0.15) is 5.82 Å². The predicted octanol–water partition coefficient (Wildman–Crippen LogP) is 2.84. The molecule has 0 radical (unpaired) electrons. The van der Waals surface area contributed by atoms with Crippen LogP contribution in [0.25, 0.3) is 10.1 Å². The first-order valence-electron chi connectivity index (χ1n) is 12.7. The number of hydrogen-bond acceptors (Lipinski definition) is 7. The van der Waals surface area contributed by atoms with Crippen molar-refractivity contribution in [2.45, 2.75) is 19.5 Å². The largest absolute Gasteiger partial charge is 0.379 e. The van der Waals surface area contributed by atoms with Crippen molar-refractivity contribution < 1.29 is 9.53 Å². The minimum absolute atomic E-state index is 0.232. The molecule has 3 aliphatic heterocycles. The molecule has 184 valence electrons. The van der Waals surface area contributed by atoms with Gasteiger partial charge in [-0.15, -0.1) is 0 Å². The van der Waals surface area contributed by atoms with E-state index in [9.17, 15) is 4.79 Å². The highest BCUT2D eigenvalue weighted by Gasteiger charge is 2.26. The second-order valence-corrected chi connectivity index (χ2v) is 10.6. The molecule has 0 spiro atoms. The molecule has 3 aromatic rings. The van der Waals surface area contributed by atoms with Gasteiger partial charge in [0.05, 0.1) is 24.5 Å². The van der Waals surface area contributed by atoms with Crippen molar-refractivity contribution in [2.75, 3.05) is 70.5 Å². The van der Waals surface area contributed by atoms with Crippen LogP contribution in [0.1, 0.15) is 16.7 Å². The van der Waals surface area contributed by atoms with E-state index < -0.39 is 0 Å². The van der Waals surface area contributed by atoms with Gasteiger partial charge in [0, 0.05) is 64.3 Å². The molecule has 0 saturated carbocycles. The van der Waals surface area contributed by atoms with Gasteiger partial charge in [-0.05, 0) is 46.8 Å². The number of aromatic nitrogens is 1. The molecule has 2 aromatic carbocycles. The zero-order valence-electron chi connectivity index (χ0n) is 20.2. The molecule has 0 bridgehead atoms. The lowest BCUT2D eigenvalue weighted by Crippen LogP contribution is -2.47. The first-order chi connectivity index (χ1) is 17.2. The monoisotopic (exact) mass is 491 g/mol. The molecule has 0 unspecified atom stereocenters. The Hall–Kier alpha value is -2.52. The Morgan fingerprint density at radius 2 is 1.71 bits per heavy atom. The van der Waals surface area contributed by atoms with Gasteiger partial charge in [-0.2, -0.15) is 4.37 Å². The normalized spacial score (nSPS) is 19.4. The average Bonchev–Trinajstić information content (AvgIpc) is 3.53. The number of nitrogens with zero attached hydrogens (tertiary/aromatic N) is 5. The summed E-state index contributed by atoms with van der Waals surface area (Å²) in [6.45, 7) is 10.4. The van der Waals surface area contributed by atoms with Crippen LogP contribution < -0.4 is 4.90 Å². The van der Waals surface area contributed by atoms with E-state index in [1.54, 1.807) is 11.5 Å². The third-order valence-electron chi connectivity index (χ3n) is 7.56. The summed E-state index contributed by atoms with van der Waals surface area (Å²) in [5.74, 6) is 1.38. The zero-order valence-corrected chi connectivity index (χ0v) is 21.0. The van der Waals surface area contributed by atoms with Crippen LogP contribution >= 0.6 is 11.5 Å². The summed E-state index contributed by atoms with van der Waals surface area (Å²) < 4.78 is 11.4. The number of carbonyl (C=O) groups excluding carboxylic acids is 1. The van der Waals surface area contributed by atoms with Crippen LogP contribution in [-0.2, 0) is 29.0 Å². The van der Waals surface area contributed by atoms with Crippen LogP contribution in [-0.4, -0.2) is 90.6 Å². The fourth-order valence-electron chi connectivity index (χ4n) is 5.40. The van der Waals surface area contributed by atoms with Crippen LogP contribution in [0.3, 0.4) is 0 Å². The van der Waals surface area contributed by atoms with E-state index >= 15 is 0 Å². The third-order valence-corrected chi connectivity index (χ3v) is 8.37. The van der Waals surface area contributed by atoms with Gasteiger partial charge < -0.3 is 14.5 Å². The lowest BCUT2D eigenvalue weighted by Gasteiger charge is -2.35. The number of benzene rings is 2. The number of piperazine rings is 1. The standard InChI is InChI=1S/C27H33N5O2S/c33-26(20-30-13-15-34-16-14-30)32-18-22-6-5-21(17-23(22)19-32)7-8-29-9-11-31(12-10-29)27-24-3-1-2-4-25(24)35-28-27/h1-6,17H,7-16,18-20H2. The van der Waals surface area contributed by atoms with Gasteiger partial charge >= 0.3 is 0 Å². The van der Waals surface area contributed by atoms with Crippen molar-refractivity contribution in [3.05, 3.63) is 59.2 Å². The zero-order chi connectivity index (χ0) is 23.6. The molecule has 6 rings (SSSR count). The molecule has 8 heteroatoms. The summed E-state index contributed by atoms with van der Waals surface area (Å²) in [5, 5.41) is 1.28. The van der Waals surface area contributed by atoms with E-state index in [1.807, 2.05) is 4.90 Å². The minimum Gasteiger partial charge on any atom is -0.379 e. The molecule has 35 heavy (non-hydrogen) atoms. The molecule has 0 N–H and O–H groups in total. The first kappa shape index (κ1) is 22.9. The highest BCUT2D eigenvalue weighted by molar-refractivity contribution is 7.13. The molecule has 2 saturated heterocycles. The van der Waals surface area contributed by atoms with Crippen molar-refractivity contribution in [3.8, 4) is 0 Å². The first-order valence-corrected chi connectivity index (χ1v) is 13.5. The van der Waals surface area contributed by atoms with Gasteiger partial charge in [0.2, 0.25) is 5.91 Å². The van der Waals surface area contributed by atoms with Crippen molar-refractivity contribution in [3.63, 3.8) is 0 Å². The Morgan fingerprint density at radius 3 is 2.57 bits per heavy atom. The van der Waals surface area contributed by atoms with Gasteiger partial charge in [-0.1, -0.05) is 30.3 Å². The topological polar surface area (TPSA) is 52.2 Å². The minimum atomic E-state index is 0.232. The Kier molecular flexibility index (Phi) is 6.69. The molecule has 0 atom stereocenters. The molecule has 7 nitrogen and oxygen atoms in total. The van der Waals surface area contributed by atoms with Gasteiger partial charge in [-0.3, -0.25) is 14.6 Å². The summed E-state index contributed by atoms with van der Waals surface area (Å²) in [6, 6.07) is 15.3. The summed E-state index contributed by atoms with van der Waals surface area (Å²) in [7, 11) is 0. The van der Waals surface area contributed by atoms with Crippen LogP contribution in [0, 0.1) is 0 Å². The molecular weight excluding hydrogens is 458 g/mol. The van der Waals surface area contributed by atoms with Gasteiger partial charge in [-0.25, -0.2) is 0 Å². The number of rotatable bonds is 6. The number of morpholine rings is 1. The Morgan fingerprint density at radius 1 is 0.914 bits per heavy atom. The van der Waals surface area contributed by atoms with Crippen molar-refractivity contribution >= 4 is 33.3 Å². The summed E-state index contributed by atoms with van der Waals surface area (Å²) in [4.78, 5) is 22.0. The Bertz CT molecular complexity index is 1180. The molecule has 0 aliphatic carbocycles. The summed E-state index contributed by atoms with van der Waals surface area (Å²) >= 11 is 1.60.